The van der Waals surface area contributed by atoms with E-state index in [2.05, 4.69) is 4.74 Å². The Balaban J connectivity index is 2.34. The van der Waals surface area contributed by atoms with E-state index in [0.29, 0.717) is 16.9 Å². The van der Waals surface area contributed by atoms with Crippen LogP contribution in [0.25, 0.3) is 11.1 Å². The number of rotatable bonds is 2. The molecule has 0 aliphatic heterocycles. The highest BCUT2D eigenvalue weighted by atomic mass is 16.5. The van der Waals surface area contributed by atoms with Crippen LogP contribution in [0.1, 0.15) is 10.4 Å². The molecule has 4 nitrogen and oxygen atoms in total. The molecule has 92 valence electrons. The highest BCUT2D eigenvalue weighted by Gasteiger charge is 2.05. The lowest BCUT2D eigenvalue weighted by molar-refractivity contribution is 0.0601. The maximum Gasteiger partial charge on any atom is 0.337 e. The van der Waals surface area contributed by atoms with Gasteiger partial charge in [-0.05, 0) is 35.4 Å². The molecule has 0 aliphatic rings. The summed E-state index contributed by atoms with van der Waals surface area (Å²) in [7, 11) is 1.36. The van der Waals surface area contributed by atoms with Gasteiger partial charge in [-0.15, -0.1) is 0 Å². The van der Waals surface area contributed by atoms with Crippen LogP contribution in [0.4, 0.5) is 11.4 Å². The van der Waals surface area contributed by atoms with Gasteiger partial charge in [0, 0.05) is 0 Å². The predicted molar refractivity (Wildman–Crippen MR) is 72.0 cm³/mol. The van der Waals surface area contributed by atoms with Crippen LogP contribution < -0.4 is 11.5 Å². The number of esters is 1. The average Bonchev–Trinajstić information content (AvgIpc) is 2.41. The Hall–Kier alpha value is -2.49. The second-order valence-corrected chi connectivity index (χ2v) is 3.91. The number of nitrogen functional groups attached to an aromatic ring is 2. The Bertz CT molecular complexity index is 577. The molecule has 0 radical (unpaired) electrons. The number of methoxy groups -OCH3 is 1. The van der Waals surface area contributed by atoms with Crippen molar-refractivity contribution < 1.29 is 9.53 Å². The summed E-state index contributed by atoms with van der Waals surface area (Å²) in [4.78, 5) is 11.3. The molecule has 0 atom stereocenters. The molecule has 4 N–H and O–H groups in total. The Labute approximate surface area is 105 Å². The van der Waals surface area contributed by atoms with Gasteiger partial charge in [0.2, 0.25) is 0 Å². The van der Waals surface area contributed by atoms with Gasteiger partial charge in [0.05, 0.1) is 24.0 Å². The number of benzene rings is 2. The van der Waals surface area contributed by atoms with Crippen molar-refractivity contribution in [2.24, 2.45) is 0 Å². The van der Waals surface area contributed by atoms with Crippen LogP contribution in [0, 0.1) is 0 Å². The minimum atomic E-state index is -0.349. The second kappa shape index (κ2) is 4.79. The van der Waals surface area contributed by atoms with E-state index >= 15 is 0 Å². The maximum atomic E-state index is 11.3. The van der Waals surface area contributed by atoms with Gasteiger partial charge >= 0.3 is 5.97 Å². The van der Waals surface area contributed by atoms with Crippen molar-refractivity contribution in [3.05, 3.63) is 48.0 Å². The quantitative estimate of drug-likeness (QED) is 0.625. The Morgan fingerprint density at radius 1 is 0.944 bits per heavy atom. The SMILES string of the molecule is COC(=O)c1ccc(-c2ccc(N)c(N)c2)cc1. The fraction of sp³-hybridized carbons (Fsp3) is 0.0714. The highest BCUT2D eigenvalue weighted by molar-refractivity contribution is 5.90. The molecule has 0 unspecified atom stereocenters. The van der Waals surface area contributed by atoms with Crippen LogP contribution in [0.15, 0.2) is 42.5 Å². The number of anilines is 2. The molecule has 0 bridgehead atoms. The zero-order valence-electron chi connectivity index (χ0n) is 10.0. The fourth-order valence-electron chi connectivity index (χ4n) is 1.67. The van der Waals surface area contributed by atoms with Crippen molar-refractivity contribution >= 4 is 17.3 Å². The van der Waals surface area contributed by atoms with E-state index in [4.69, 9.17) is 11.5 Å². The lowest BCUT2D eigenvalue weighted by Crippen LogP contribution is -2.00. The van der Waals surface area contributed by atoms with Gasteiger partial charge in [-0.2, -0.15) is 0 Å². The highest BCUT2D eigenvalue weighted by Crippen LogP contribution is 2.25. The van der Waals surface area contributed by atoms with Crippen LogP contribution in [-0.2, 0) is 4.74 Å². The summed E-state index contributed by atoms with van der Waals surface area (Å²) in [6.07, 6.45) is 0. The molecule has 0 aliphatic carbocycles. The minimum Gasteiger partial charge on any atom is -0.465 e. The van der Waals surface area contributed by atoms with Crippen molar-refractivity contribution in [1.82, 2.24) is 0 Å². The van der Waals surface area contributed by atoms with Crippen LogP contribution in [0.3, 0.4) is 0 Å². The lowest BCUT2D eigenvalue weighted by atomic mass is 10.0. The molecule has 2 aromatic rings. The Morgan fingerprint density at radius 2 is 1.56 bits per heavy atom. The van der Waals surface area contributed by atoms with Gasteiger partial charge < -0.3 is 16.2 Å². The van der Waals surface area contributed by atoms with Gasteiger partial charge in [-0.1, -0.05) is 18.2 Å². The molecule has 2 rings (SSSR count). The molecule has 0 fully saturated rings. The molecule has 0 heterocycles. The first-order valence-corrected chi connectivity index (χ1v) is 5.45. The smallest absolute Gasteiger partial charge is 0.337 e. The molecule has 0 spiro atoms. The van der Waals surface area contributed by atoms with E-state index < -0.39 is 0 Å². The van der Waals surface area contributed by atoms with Gasteiger partial charge in [0.25, 0.3) is 0 Å². The molecule has 2 aromatic carbocycles. The Kier molecular flexibility index (Phi) is 3.19. The van der Waals surface area contributed by atoms with Gasteiger partial charge in [-0.3, -0.25) is 0 Å². The minimum absolute atomic E-state index is 0.349. The Morgan fingerprint density at radius 3 is 2.11 bits per heavy atom. The maximum absolute atomic E-state index is 11.3. The number of hydrogen-bond acceptors (Lipinski definition) is 4. The van der Waals surface area contributed by atoms with E-state index in [-0.39, 0.29) is 5.97 Å². The topological polar surface area (TPSA) is 78.3 Å². The molecule has 0 saturated heterocycles. The summed E-state index contributed by atoms with van der Waals surface area (Å²) in [6, 6.07) is 12.6. The summed E-state index contributed by atoms with van der Waals surface area (Å²) in [5, 5.41) is 0. The molecule has 0 aromatic heterocycles. The zero-order valence-corrected chi connectivity index (χ0v) is 10.0. The molecular weight excluding hydrogens is 228 g/mol. The summed E-state index contributed by atoms with van der Waals surface area (Å²) in [6.45, 7) is 0. The first-order valence-electron chi connectivity index (χ1n) is 5.45. The molecule has 18 heavy (non-hydrogen) atoms. The van der Waals surface area contributed by atoms with Crippen molar-refractivity contribution in [1.29, 1.82) is 0 Å². The standard InChI is InChI=1S/C14H14N2O2/c1-18-14(17)10-4-2-9(3-5-10)11-6-7-12(15)13(16)8-11/h2-8H,15-16H2,1H3. The first kappa shape index (κ1) is 12.0. The van der Waals surface area contributed by atoms with Crippen molar-refractivity contribution in [2.75, 3.05) is 18.6 Å². The van der Waals surface area contributed by atoms with Crippen LogP contribution in [0.5, 0.6) is 0 Å². The third-order valence-corrected chi connectivity index (χ3v) is 2.73. The second-order valence-electron chi connectivity index (χ2n) is 3.91. The predicted octanol–water partition coefficient (Wildman–Crippen LogP) is 2.30. The van der Waals surface area contributed by atoms with E-state index in [1.807, 2.05) is 24.3 Å². The summed E-state index contributed by atoms with van der Waals surface area (Å²) in [5.74, 6) is -0.349. The molecule has 0 saturated carbocycles. The first-order chi connectivity index (χ1) is 8.61. The molecular formula is C14H14N2O2. The normalized spacial score (nSPS) is 10.1. The van der Waals surface area contributed by atoms with E-state index in [1.165, 1.54) is 7.11 Å². The van der Waals surface area contributed by atoms with Gasteiger partial charge in [0.15, 0.2) is 0 Å². The van der Waals surface area contributed by atoms with E-state index in [1.54, 1.807) is 18.2 Å². The number of ether oxygens (including phenoxy) is 1. The zero-order chi connectivity index (χ0) is 13.1. The van der Waals surface area contributed by atoms with Crippen molar-refractivity contribution in [3.8, 4) is 11.1 Å². The average molecular weight is 242 g/mol. The largest absolute Gasteiger partial charge is 0.465 e. The van der Waals surface area contributed by atoms with Gasteiger partial charge in [-0.25, -0.2) is 4.79 Å². The third-order valence-electron chi connectivity index (χ3n) is 2.73. The lowest BCUT2D eigenvalue weighted by Gasteiger charge is -2.06. The summed E-state index contributed by atoms with van der Waals surface area (Å²) < 4.78 is 4.64. The van der Waals surface area contributed by atoms with Crippen LogP contribution in [0.2, 0.25) is 0 Å². The van der Waals surface area contributed by atoms with Crippen LogP contribution >= 0.6 is 0 Å². The number of hydrogen-bond donors (Lipinski definition) is 2. The van der Waals surface area contributed by atoms with Crippen LogP contribution in [-0.4, -0.2) is 13.1 Å². The van der Waals surface area contributed by atoms with E-state index in [0.717, 1.165) is 11.1 Å². The monoisotopic (exact) mass is 242 g/mol. The third kappa shape index (κ3) is 2.27. The number of carbonyl (C=O) groups is 1. The van der Waals surface area contributed by atoms with E-state index in [9.17, 15) is 4.79 Å². The summed E-state index contributed by atoms with van der Waals surface area (Å²) >= 11 is 0. The summed E-state index contributed by atoms with van der Waals surface area (Å²) in [5.41, 5.74) is 15.0. The molecule has 0 amide bonds. The van der Waals surface area contributed by atoms with Crippen molar-refractivity contribution in [2.45, 2.75) is 0 Å². The number of carbonyl (C=O) groups excluding carboxylic acids is 1. The van der Waals surface area contributed by atoms with Crippen molar-refractivity contribution in [3.63, 3.8) is 0 Å². The molecule has 4 heteroatoms. The fourth-order valence-corrected chi connectivity index (χ4v) is 1.67. The van der Waals surface area contributed by atoms with Gasteiger partial charge in [0.1, 0.15) is 0 Å². The number of nitrogens with two attached hydrogens (primary N) is 2.